The predicted molar refractivity (Wildman–Crippen MR) is 92.0 cm³/mol. The molecular formula is C17H24N6O. The Balaban J connectivity index is 1.62. The standard InChI is InChI=1S/C17H24N6O/c1-14(2)8-9-16(24)21-10-12-22(13-11-21)17-18-19-20-23(17)15-6-4-3-5-7-15/h3-7,14H,8-13H2,1-2H3. The average molecular weight is 328 g/mol. The monoisotopic (exact) mass is 328 g/mol. The number of anilines is 1. The molecule has 7 heteroatoms. The Bertz CT molecular complexity index is 661. The summed E-state index contributed by atoms with van der Waals surface area (Å²) in [7, 11) is 0. The van der Waals surface area contributed by atoms with Crippen LogP contribution in [0.2, 0.25) is 0 Å². The van der Waals surface area contributed by atoms with Crippen LogP contribution in [0.3, 0.4) is 0 Å². The molecule has 1 aliphatic rings. The molecule has 1 aromatic heterocycles. The van der Waals surface area contributed by atoms with Gasteiger partial charge in [-0.2, -0.15) is 4.68 Å². The van der Waals surface area contributed by atoms with Gasteiger partial charge in [0.2, 0.25) is 11.9 Å². The molecule has 0 aliphatic carbocycles. The molecule has 0 bridgehead atoms. The van der Waals surface area contributed by atoms with Gasteiger partial charge >= 0.3 is 0 Å². The zero-order chi connectivity index (χ0) is 16.9. The van der Waals surface area contributed by atoms with Gasteiger partial charge in [0.25, 0.3) is 0 Å². The second-order valence-electron chi connectivity index (χ2n) is 6.53. The van der Waals surface area contributed by atoms with Gasteiger partial charge in [0, 0.05) is 32.6 Å². The topological polar surface area (TPSA) is 67.2 Å². The van der Waals surface area contributed by atoms with Crippen molar-refractivity contribution in [3.05, 3.63) is 30.3 Å². The number of hydrogen-bond acceptors (Lipinski definition) is 5. The molecule has 0 N–H and O–H groups in total. The fraction of sp³-hybridized carbons (Fsp3) is 0.529. The van der Waals surface area contributed by atoms with Crippen molar-refractivity contribution in [2.24, 2.45) is 5.92 Å². The van der Waals surface area contributed by atoms with Gasteiger partial charge in [-0.15, -0.1) is 0 Å². The zero-order valence-electron chi connectivity index (χ0n) is 14.3. The first kappa shape index (κ1) is 16.4. The fourth-order valence-corrected chi connectivity index (χ4v) is 2.84. The minimum Gasteiger partial charge on any atom is -0.339 e. The molecule has 24 heavy (non-hydrogen) atoms. The number of carbonyl (C=O) groups excluding carboxylic acids is 1. The summed E-state index contributed by atoms with van der Waals surface area (Å²) in [6, 6.07) is 9.85. The van der Waals surface area contributed by atoms with Crippen LogP contribution in [0.5, 0.6) is 0 Å². The molecule has 1 amide bonds. The number of tetrazole rings is 1. The molecule has 128 valence electrons. The fourth-order valence-electron chi connectivity index (χ4n) is 2.84. The number of benzene rings is 1. The van der Waals surface area contributed by atoms with E-state index in [1.54, 1.807) is 4.68 Å². The lowest BCUT2D eigenvalue weighted by atomic mass is 10.1. The van der Waals surface area contributed by atoms with E-state index in [4.69, 9.17) is 0 Å². The number of amides is 1. The maximum absolute atomic E-state index is 12.2. The van der Waals surface area contributed by atoms with Crippen molar-refractivity contribution in [1.29, 1.82) is 0 Å². The second kappa shape index (κ2) is 7.42. The Labute approximate surface area is 142 Å². The minimum absolute atomic E-state index is 0.256. The Hall–Kier alpha value is -2.44. The summed E-state index contributed by atoms with van der Waals surface area (Å²) in [5.74, 6) is 1.55. The number of hydrogen-bond donors (Lipinski definition) is 0. The van der Waals surface area contributed by atoms with Gasteiger partial charge in [-0.05, 0) is 34.9 Å². The number of aromatic nitrogens is 4. The summed E-state index contributed by atoms with van der Waals surface area (Å²) in [5.41, 5.74) is 0.938. The van der Waals surface area contributed by atoms with Gasteiger partial charge in [0.1, 0.15) is 0 Å². The van der Waals surface area contributed by atoms with E-state index in [2.05, 4.69) is 34.3 Å². The highest BCUT2D eigenvalue weighted by Crippen LogP contribution is 2.17. The van der Waals surface area contributed by atoms with Crippen LogP contribution in [-0.4, -0.2) is 57.2 Å². The van der Waals surface area contributed by atoms with Gasteiger partial charge < -0.3 is 9.80 Å². The highest BCUT2D eigenvalue weighted by molar-refractivity contribution is 5.76. The summed E-state index contributed by atoms with van der Waals surface area (Å²) >= 11 is 0. The predicted octanol–water partition coefficient (Wildman–Crippen LogP) is 1.75. The van der Waals surface area contributed by atoms with Crippen molar-refractivity contribution < 1.29 is 4.79 Å². The summed E-state index contributed by atoms with van der Waals surface area (Å²) in [6.07, 6.45) is 1.59. The molecule has 1 fully saturated rings. The molecule has 0 saturated carbocycles. The summed E-state index contributed by atoms with van der Waals surface area (Å²) in [6.45, 7) is 7.24. The maximum atomic E-state index is 12.2. The molecule has 1 aromatic carbocycles. The van der Waals surface area contributed by atoms with Crippen molar-refractivity contribution in [3.8, 4) is 5.69 Å². The quantitative estimate of drug-likeness (QED) is 0.836. The largest absolute Gasteiger partial charge is 0.339 e. The first-order chi connectivity index (χ1) is 11.6. The Morgan fingerprint density at radius 1 is 1.12 bits per heavy atom. The number of rotatable bonds is 5. The third kappa shape index (κ3) is 3.72. The lowest BCUT2D eigenvalue weighted by Crippen LogP contribution is -2.49. The van der Waals surface area contributed by atoms with Crippen LogP contribution in [0.25, 0.3) is 5.69 Å². The van der Waals surface area contributed by atoms with Crippen LogP contribution >= 0.6 is 0 Å². The maximum Gasteiger partial charge on any atom is 0.250 e. The van der Waals surface area contributed by atoms with Crippen LogP contribution in [0.15, 0.2) is 30.3 Å². The van der Waals surface area contributed by atoms with Crippen molar-refractivity contribution in [2.75, 3.05) is 31.1 Å². The van der Waals surface area contributed by atoms with Gasteiger partial charge in [0.05, 0.1) is 5.69 Å². The van der Waals surface area contributed by atoms with Gasteiger partial charge in [-0.1, -0.05) is 37.1 Å². The zero-order valence-corrected chi connectivity index (χ0v) is 14.3. The van der Waals surface area contributed by atoms with Crippen molar-refractivity contribution in [2.45, 2.75) is 26.7 Å². The van der Waals surface area contributed by atoms with E-state index >= 15 is 0 Å². The number of nitrogens with zero attached hydrogens (tertiary/aromatic N) is 6. The lowest BCUT2D eigenvalue weighted by molar-refractivity contribution is -0.131. The normalized spacial score (nSPS) is 15.1. The summed E-state index contributed by atoms with van der Waals surface area (Å²) in [4.78, 5) is 16.3. The highest BCUT2D eigenvalue weighted by Gasteiger charge is 2.24. The molecular weight excluding hydrogens is 304 g/mol. The first-order valence-electron chi connectivity index (χ1n) is 8.51. The summed E-state index contributed by atoms with van der Waals surface area (Å²) in [5, 5.41) is 12.1. The number of para-hydroxylation sites is 1. The first-order valence-corrected chi connectivity index (χ1v) is 8.51. The molecule has 2 heterocycles. The van der Waals surface area contributed by atoms with E-state index in [1.807, 2.05) is 35.2 Å². The minimum atomic E-state index is 0.256. The molecule has 2 aromatic rings. The van der Waals surface area contributed by atoms with Crippen LogP contribution < -0.4 is 4.90 Å². The van der Waals surface area contributed by atoms with Crippen molar-refractivity contribution in [3.63, 3.8) is 0 Å². The molecule has 0 radical (unpaired) electrons. The van der Waals surface area contributed by atoms with E-state index in [1.165, 1.54) is 0 Å². The Morgan fingerprint density at radius 2 is 1.83 bits per heavy atom. The van der Waals surface area contributed by atoms with E-state index in [0.717, 1.165) is 44.2 Å². The third-order valence-electron chi connectivity index (χ3n) is 4.30. The highest BCUT2D eigenvalue weighted by atomic mass is 16.2. The molecule has 0 atom stereocenters. The van der Waals surface area contributed by atoms with Crippen LogP contribution in [0, 0.1) is 5.92 Å². The van der Waals surface area contributed by atoms with Gasteiger partial charge in [-0.25, -0.2) is 0 Å². The van der Waals surface area contributed by atoms with Gasteiger partial charge in [0.15, 0.2) is 0 Å². The lowest BCUT2D eigenvalue weighted by Gasteiger charge is -2.35. The number of piperazine rings is 1. The molecule has 1 saturated heterocycles. The van der Waals surface area contributed by atoms with E-state index in [0.29, 0.717) is 12.3 Å². The van der Waals surface area contributed by atoms with Crippen molar-refractivity contribution >= 4 is 11.9 Å². The second-order valence-corrected chi connectivity index (χ2v) is 6.53. The molecule has 1 aliphatic heterocycles. The smallest absolute Gasteiger partial charge is 0.250 e. The van der Waals surface area contributed by atoms with Crippen LogP contribution in [0.1, 0.15) is 26.7 Å². The SMILES string of the molecule is CC(C)CCC(=O)N1CCN(c2nnnn2-c2ccccc2)CC1. The molecule has 0 unspecified atom stereocenters. The van der Waals surface area contributed by atoms with Crippen LogP contribution in [0.4, 0.5) is 5.95 Å². The molecule has 7 nitrogen and oxygen atoms in total. The Kier molecular flexibility index (Phi) is 5.08. The van der Waals surface area contributed by atoms with Gasteiger partial charge in [-0.3, -0.25) is 4.79 Å². The molecule has 0 spiro atoms. The third-order valence-corrected chi connectivity index (χ3v) is 4.30. The Morgan fingerprint density at radius 3 is 2.50 bits per heavy atom. The average Bonchev–Trinajstić information content (AvgIpc) is 3.10. The van der Waals surface area contributed by atoms with E-state index in [-0.39, 0.29) is 5.91 Å². The number of carbonyl (C=O) groups is 1. The van der Waals surface area contributed by atoms with E-state index in [9.17, 15) is 4.79 Å². The van der Waals surface area contributed by atoms with E-state index < -0.39 is 0 Å². The van der Waals surface area contributed by atoms with Crippen LogP contribution in [-0.2, 0) is 4.79 Å². The van der Waals surface area contributed by atoms with Crippen molar-refractivity contribution in [1.82, 2.24) is 25.1 Å². The summed E-state index contributed by atoms with van der Waals surface area (Å²) < 4.78 is 1.75. The molecule has 3 rings (SSSR count).